The van der Waals surface area contributed by atoms with Crippen LogP contribution in [-0.2, 0) is 10.0 Å². The lowest BCUT2D eigenvalue weighted by Crippen LogP contribution is -2.15. The molecule has 0 unspecified atom stereocenters. The third kappa shape index (κ3) is 3.00. The molecule has 2 aromatic carbocycles. The maximum absolute atomic E-state index is 13.5. The van der Waals surface area contributed by atoms with Gasteiger partial charge in [0.05, 0.1) is 15.5 Å². The van der Waals surface area contributed by atoms with Crippen LogP contribution in [0.5, 0.6) is 0 Å². The zero-order chi connectivity index (χ0) is 15.6. The Labute approximate surface area is 120 Å². The first-order valence-electron chi connectivity index (χ1n) is 5.84. The van der Waals surface area contributed by atoms with Crippen LogP contribution in [0.15, 0.2) is 47.4 Å². The second-order valence-electron chi connectivity index (χ2n) is 4.24. The summed E-state index contributed by atoms with van der Waals surface area (Å²) in [6.07, 6.45) is 0. The summed E-state index contributed by atoms with van der Waals surface area (Å²) in [7, 11) is -4.12. The molecule has 0 radical (unpaired) electrons. The van der Waals surface area contributed by atoms with E-state index in [-0.39, 0.29) is 21.8 Å². The third-order valence-corrected chi connectivity index (χ3v) is 4.37. The first-order chi connectivity index (χ1) is 9.83. The fourth-order valence-electron chi connectivity index (χ4n) is 1.84. The Morgan fingerprint density at radius 1 is 1.14 bits per heavy atom. The summed E-state index contributed by atoms with van der Waals surface area (Å²) >= 11 is 0. The van der Waals surface area contributed by atoms with Crippen molar-refractivity contribution in [1.29, 1.82) is 0 Å². The normalized spacial score (nSPS) is 11.1. The molecule has 6 nitrogen and oxygen atoms in total. The van der Waals surface area contributed by atoms with Crippen LogP contribution in [0.2, 0.25) is 0 Å². The Morgan fingerprint density at radius 3 is 2.43 bits per heavy atom. The summed E-state index contributed by atoms with van der Waals surface area (Å²) in [6.45, 7) is 1.33. The number of rotatable bonds is 4. The van der Waals surface area contributed by atoms with Crippen LogP contribution >= 0.6 is 0 Å². The predicted octanol–water partition coefficient (Wildman–Crippen LogP) is 2.84. The van der Waals surface area contributed by atoms with Crippen LogP contribution in [0, 0.1) is 22.9 Å². The van der Waals surface area contributed by atoms with E-state index in [0.717, 1.165) is 6.07 Å². The largest absolute Gasteiger partial charge is 0.277 e. The standard InChI is InChI=1S/C13H11FN2O4S/c1-9-12(16(17)18)7-4-8-13(9)21(19,20)15-11-6-3-2-5-10(11)14/h2-8,15H,1H3. The fourth-order valence-corrected chi connectivity index (χ4v) is 3.17. The number of halogens is 1. The molecule has 0 aliphatic carbocycles. The number of nitrogens with one attached hydrogen (secondary N) is 1. The molecule has 0 saturated heterocycles. The lowest BCUT2D eigenvalue weighted by Gasteiger charge is -2.10. The van der Waals surface area contributed by atoms with Gasteiger partial charge in [0.25, 0.3) is 15.7 Å². The van der Waals surface area contributed by atoms with Gasteiger partial charge in [-0.1, -0.05) is 18.2 Å². The molecular formula is C13H11FN2O4S. The number of nitro groups is 1. The van der Waals surface area contributed by atoms with Gasteiger partial charge >= 0.3 is 0 Å². The monoisotopic (exact) mass is 310 g/mol. The first-order valence-corrected chi connectivity index (χ1v) is 7.32. The van der Waals surface area contributed by atoms with Gasteiger partial charge in [-0.05, 0) is 25.1 Å². The van der Waals surface area contributed by atoms with Crippen molar-refractivity contribution in [2.24, 2.45) is 0 Å². The van der Waals surface area contributed by atoms with Gasteiger partial charge in [-0.15, -0.1) is 0 Å². The molecular weight excluding hydrogens is 299 g/mol. The molecule has 21 heavy (non-hydrogen) atoms. The van der Waals surface area contributed by atoms with Crippen LogP contribution in [0.4, 0.5) is 15.8 Å². The molecule has 0 fully saturated rings. The third-order valence-electron chi connectivity index (χ3n) is 2.86. The van der Waals surface area contributed by atoms with Crippen LogP contribution < -0.4 is 4.72 Å². The highest BCUT2D eigenvalue weighted by atomic mass is 32.2. The van der Waals surface area contributed by atoms with E-state index >= 15 is 0 Å². The fraction of sp³-hybridized carbons (Fsp3) is 0.0769. The van der Waals surface area contributed by atoms with Crippen molar-refractivity contribution < 1.29 is 17.7 Å². The van der Waals surface area contributed by atoms with E-state index in [2.05, 4.69) is 4.72 Å². The summed E-state index contributed by atoms with van der Waals surface area (Å²) in [6, 6.07) is 8.97. The SMILES string of the molecule is Cc1c([N+](=O)[O-])cccc1S(=O)(=O)Nc1ccccc1F. The molecule has 2 aromatic rings. The van der Waals surface area contributed by atoms with Gasteiger partial charge < -0.3 is 0 Å². The van der Waals surface area contributed by atoms with Gasteiger partial charge in [0, 0.05) is 11.6 Å². The Hall–Kier alpha value is -2.48. The molecule has 0 bridgehead atoms. The average Bonchev–Trinajstić information content (AvgIpc) is 2.41. The van der Waals surface area contributed by atoms with E-state index in [0.29, 0.717) is 0 Å². The first kappa shape index (κ1) is 14.9. The second-order valence-corrected chi connectivity index (χ2v) is 5.89. The van der Waals surface area contributed by atoms with Crippen molar-refractivity contribution >= 4 is 21.4 Å². The maximum Gasteiger partial charge on any atom is 0.273 e. The Balaban J connectivity index is 2.48. The van der Waals surface area contributed by atoms with Crippen molar-refractivity contribution in [3.63, 3.8) is 0 Å². The average molecular weight is 310 g/mol. The summed E-state index contributed by atoms with van der Waals surface area (Å²) in [5.41, 5.74) is -0.541. The van der Waals surface area contributed by atoms with Gasteiger partial charge in [-0.2, -0.15) is 0 Å². The highest BCUT2D eigenvalue weighted by Gasteiger charge is 2.23. The van der Waals surface area contributed by atoms with E-state index in [9.17, 15) is 22.9 Å². The Morgan fingerprint density at radius 2 is 1.81 bits per heavy atom. The number of nitro benzene ring substituents is 1. The molecule has 0 saturated carbocycles. The summed E-state index contributed by atoms with van der Waals surface area (Å²) in [5, 5.41) is 10.8. The molecule has 0 aromatic heterocycles. The number of hydrogen-bond donors (Lipinski definition) is 1. The molecule has 0 aliphatic rings. The maximum atomic E-state index is 13.5. The van der Waals surface area contributed by atoms with Gasteiger partial charge in [-0.25, -0.2) is 12.8 Å². The molecule has 0 amide bonds. The minimum Gasteiger partial charge on any atom is -0.277 e. The topological polar surface area (TPSA) is 89.3 Å². The summed E-state index contributed by atoms with van der Waals surface area (Å²) in [4.78, 5) is 9.91. The molecule has 1 N–H and O–H groups in total. The van der Waals surface area contributed by atoms with E-state index < -0.39 is 20.8 Å². The van der Waals surface area contributed by atoms with Crippen molar-refractivity contribution in [2.45, 2.75) is 11.8 Å². The minimum absolute atomic E-state index is 0.00802. The molecule has 0 spiro atoms. The molecule has 8 heteroatoms. The van der Waals surface area contributed by atoms with Crippen LogP contribution in [0.3, 0.4) is 0 Å². The van der Waals surface area contributed by atoms with Crippen molar-refractivity contribution in [3.05, 3.63) is 64.0 Å². The van der Waals surface area contributed by atoms with Gasteiger partial charge in [0.1, 0.15) is 5.82 Å². The zero-order valence-corrected chi connectivity index (χ0v) is 11.7. The number of nitrogens with zero attached hydrogens (tertiary/aromatic N) is 1. The Bertz CT molecular complexity index is 806. The molecule has 0 atom stereocenters. The van der Waals surface area contributed by atoms with Crippen molar-refractivity contribution in [2.75, 3.05) is 4.72 Å². The smallest absolute Gasteiger partial charge is 0.273 e. The van der Waals surface area contributed by atoms with Crippen LogP contribution in [0.25, 0.3) is 0 Å². The highest BCUT2D eigenvalue weighted by molar-refractivity contribution is 7.92. The number of benzene rings is 2. The Kier molecular flexibility index (Phi) is 3.90. The number of anilines is 1. The number of hydrogen-bond acceptors (Lipinski definition) is 4. The van der Waals surface area contributed by atoms with Gasteiger partial charge in [0.2, 0.25) is 0 Å². The predicted molar refractivity (Wildman–Crippen MR) is 75.0 cm³/mol. The lowest BCUT2D eigenvalue weighted by molar-refractivity contribution is -0.385. The molecule has 0 heterocycles. The summed E-state index contributed by atoms with van der Waals surface area (Å²) in [5.74, 6) is -0.732. The van der Waals surface area contributed by atoms with E-state index in [4.69, 9.17) is 0 Å². The van der Waals surface area contributed by atoms with Gasteiger partial charge in [0.15, 0.2) is 0 Å². The molecule has 0 aliphatic heterocycles. The van der Waals surface area contributed by atoms with E-state index in [1.807, 2.05) is 0 Å². The summed E-state index contributed by atoms with van der Waals surface area (Å²) < 4.78 is 40.1. The van der Waals surface area contributed by atoms with Crippen LogP contribution in [0.1, 0.15) is 5.56 Å². The number of para-hydroxylation sites is 1. The van der Waals surface area contributed by atoms with E-state index in [1.165, 1.54) is 43.3 Å². The number of sulfonamides is 1. The molecule has 110 valence electrons. The van der Waals surface area contributed by atoms with E-state index in [1.54, 1.807) is 0 Å². The zero-order valence-electron chi connectivity index (χ0n) is 10.9. The highest BCUT2D eigenvalue weighted by Crippen LogP contribution is 2.26. The second kappa shape index (κ2) is 5.49. The quantitative estimate of drug-likeness (QED) is 0.694. The van der Waals surface area contributed by atoms with Gasteiger partial charge in [-0.3, -0.25) is 14.8 Å². The van der Waals surface area contributed by atoms with Crippen molar-refractivity contribution in [3.8, 4) is 0 Å². The minimum atomic E-state index is -4.12. The van der Waals surface area contributed by atoms with Crippen molar-refractivity contribution in [1.82, 2.24) is 0 Å². The lowest BCUT2D eigenvalue weighted by atomic mass is 10.2. The molecule has 2 rings (SSSR count). The van der Waals surface area contributed by atoms with Crippen LogP contribution in [-0.4, -0.2) is 13.3 Å².